The van der Waals surface area contributed by atoms with Gasteiger partial charge in [0.1, 0.15) is 13.2 Å². The van der Waals surface area contributed by atoms with Crippen LogP contribution in [0.1, 0.15) is 25.7 Å². The Morgan fingerprint density at radius 2 is 1.22 bits per heavy atom. The Morgan fingerprint density at radius 1 is 0.656 bits per heavy atom. The first-order chi connectivity index (χ1) is 15.7. The predicted molar refractivity (Wildman–Crippen MR) is 121 cm³/mol. The molecule has 3 aliphatic carbocycles. The quantitative estimate of drug-likeness (QED) is 0.353. The summed E-state index contributed by atoms with van der Waals surface area (Å²) >= 11 is 0. The van der Waals surface area contributed by atoms with Crippen LogP contribution >= 0.6 is 16.5 Å². The summed E-state index contributed by atoms with van der Waals surface area (Å²) in [4.78, 5) is 0. The maximum Gasteiger partial charge on any atom is 0.750 e. The molecule has 0 aliphatic heterocycles. The molecule has 32 heavy (non-hydrogen) atoms. The van der Waals surface area contributed by atoms with Crippen molar-refractivity contribution in [1.29, 1.82) is 0 Å². The van der Waals surface area contributed by atoms with E-state index in [9.17, 15) is 9.13 Å². The first-order valence-electron chi connectivity index (χ1n) is 11.3. The van der Waals surface area contributed by atoms with E-state index in [1.807, 2.05) is 36.4 Å². The second kappa shape index (κ2) is 9.97. The molecule has 0 amide bonds. The fourth-order valence-corrected chi connectivity index (χ4v) is 7.50. The summed E-state index contributed by atoms with van der Waals surface area (Å²) in [7, 11) is -4.31. The molecule has 2 aromatic carbocycles. The minimum absolute atomic E-state index is 0.423. The third-order valence-corrected chi connectivity index (χ3v) is 8.80. The minimum Gasteiger partial charge on any atom is -0.229 e. The van der Waals surface area contributed by atoms with Crippen molar-refractivity contribution in [2.24, 2.45) is 35.5 Å². The van der Waals surface area contributed by atoms with Crippen molar-refractivity contribution in [3.8, 4) is 11.5 Å². The van der Waals surface area contributed by atoms with E-state index in [4.69, 9.17) is 18.1 Å². The van der Waals surface area contributed by atoms with Crippen LogP contribution in [0.25, 0.3) is 0 Å². The van der Waals surface area contributed by atoms with Crippen molar-refractivity contribution in [3.05, 3.63) is 60.7 Å². The van der Waals surface area contributed by atoms with Gasteiger partial charge in [0.25, 0.3) is 0 Å². The van der Waals surface area contributed by atoms with Crippen LogP contribution < -0.4 is 9.05 Å². The molecule has 2 bridgehead atoms. The number of rotatable bonds is 10. The van der Waals surface area contributed by atoms with E-state index < -0.39 is 16.5 Å². The first kappa shape index (κ1) is 22.0. The number of benzene rings is 2. The van der Waals surface area contributed by atoms with Crippen LogP contribution in [0.4, 0.5) is 0 Å². The fraction of sp³-hybridized carbons (Fsp3) is 0.500. The molecule has 0 heterocycles. The smallest absolute Gasteiger partial charge is 0.229 e. The van der Waals surface area contributed by atoms with Crippen molar-refractivity contribution in [3.63, 3.8) is 0 Å². The summed E-state index contributed by atoms with van der Waals surface area (Å²) in [5.74, 6) is 4.71. The molecule has 8 atom stereocenters. The third kappa shape index (κ3) is 5.05. The van der Waals surface area contributed by atoms with E-state index in [0.29, 0.717) is 54.3 Å². The topological polar surface area (TPSA) is 71.1 Å². The molecular formula is C24H28O6P2+2. The van der Waals surface area contributed by atoms with Crippen LogP contribution in [0.3, 0.4) is 0 Å². The van der Waals surface area contributed by atoms with Crippen molar-refractivity contribution < 1.29 is 27.2 Å². The average Bonchev–Trinajstić information content (AvgIpc) is 3.49. The van der Waals surface area contributed by atoms with Crippen LogP contribution in [0.2, 0.25) is 0 Å². The van der Waals surface area contributed by atoms with Gasteiger partial charge in [-0.1, -0.05) is 36.4 Å². The van der Waals surface area contributed by atoms with Gasteiger partial charge >= 0.3 is 16.5 Å². The second-order valence-corrected chi connectivity index (χ2v) is 10.9. The van der Waals surface area contributed by atoms with E-state index >= 15 is 0 Å². The molecule has 8 heteroatoms. The molecule has 0 radical (unpaired) electrons. The van der Waals surface area contributed by atoms with Crippen molar-refractivity contribution in [2.75, 3.05) is 13.2 Å². The Hall–Kier alpha value is -1.84. The van der Waals surface area contributed by atoms with E-state index in [1.165, 1.54) is 6.42 Å². The molecule has 6 unspecified atom stereocenters. The SMILES string of the molecule is O=[P+](OC[C@@H]1CC2C3CC(C2C1)[C@@H](CO[P+](=O)Oc1ccccc1)C3)Oc1ccccc1. The van der Waals surface area contributed by atoms with Crippen LogP contribution in [0.5, 0.6) is 11.5 Å². The van der Waals surface area contributed by atoms with Gasteiger partial charge in [-0.2, -0.15) is 0 Å². The van der Waals surface area contributed by atoms with Gasteiger partial charge in [-0.25, -0.2) is 9.05 Å². The van der Waals surface area contributed by atoms with Crippen molar-refractivity contribution >= 4 is 16.5 Å². The van der Waals surface area contributed by atoms with E-state index in [0.717, 1.165) is 25.2 Å². The summed E-state index contributed by atoms with van der Waals surface area (Å²) in [6, 6.07) is 18.3. The zero-order chi connectivity index (χ0) is 21.9. The number of hydrogen-bond donors (Lipinski definition) is 0. The van der Waals surface area contributed by atoms with Gasteiger partial charge in [0.15, 0.2) is 11.5 Å². The molecule has 6 nitrogen and oxygen atoms in total. The highest BCUT2D eigenvalue weighted by molar-refractivity contribution is 7.34. The molecule has 2 aromatic rings. The Balaban J connectivity index is 1.06. The molecule has 0 saturated heterocycles. The lowest BCUT2D eigenvalue weighted by Crippen LogP contribution is -2.26. The molecule has 168 valence electrons. The highest BCUT2D eigenvalue weighted by Gasteiger charge is 2.56. The summed E-state index contributed by atoms with van der Waals surface area (Å²) in [6.07, 6.45) is 4.63. The third-order valence-electron chi connectivity index (χ3n) is 7.36. The van der Waals surface area contributed by atoms with Gasteiger partial charge in [-0.05, 0) is 85.5 Å². The lowest BCUT2D eigenvalue weighted by molar-refractivity contribution is 0.130. The van der Waals surface area contributed by atoms with Crippen molar-refractivity contribution in [2.45, 2.75) is 25.7 Å². The minimum atomic E-state index is -2.16. The number of hydrogen-bond acceptors (Lipinski definition) is 6. The zero-order valence-electron chi connectivity index (χ0n) is 17.8. The lowest BCUT2D eigenvalue weighted by Gasteiger charge is -2.30. The van der Waals surface area contributed by atoms with E-state index in [1.54, 1.807) is 24.3 Å². The molecular weight excluding hydrogens is 446 g/mol. The maximum atomic E-state index is 12.2. The number of fused-ring (bicyclic) bond motifs is 5. The monoisotopic (exact) mass is 474 g/mol. The average molecular weight is 474 g/mol. The van der Waals surface area contributed by atoms with Crippen LogP contribution in [-0.4, -0.2) is 13.2 Å². The largest absolute Gasteiger partial charge is 0.750 e. The molecule has 0 N–H and O–H groups in total. The normalized spacial score (nSPS) is 31.2. The summed E-state index contributed by atoms with van der Waals surface area (Å²) in [5, 5.41) is 0. The van der Waals surface area contributed by atoms with Crippen molar-refractivity contribution in [1.82, 2.24) is 0 Å². The molecule has 3 aliphatic rings. The Bertz CT molecular complexity index is 940. The van der Waals surface area contributed by atoms with Gasteiger partial charge in [-0.3, -0.25) is 0 Å². The van der Waals surface area contributed by atoms with E-state index in [-0.39, 0.29) is 0 Å². The van der Waals surface area contributed by atoms with Gasteiger partial charge in [-0.15, -0.1) is 9.05 Å². The van der Waals surface area contributed by atoms with E-state index in [2.05, 4.69) is 0 Å². The molecule has 3 saturated carbocycles. The standard InChI is InChI=1S/C24H28O6P2/c25-31(29-20-7-3-1-4-8-20)27-15-17-11-22-18-13-19(23(14-18)24(22)12-17)16-28-32(26)30-21-9-5-2-6-10-21/h1-10,17-19,22-24H,11-16H2/q+2/t17-,18?,19-,22?,23?,24?/m1/s1. The second-order valence-electron chi connectivity index (χ2n) is 9.17. The Kier molecular flexibility index (Phi) is 6.85. The first-order valence-corrected chi connectivity index (χ1v) is 13.5. The van der Waals surface area contributed by atoms with Crippen LogP contribution in [-0.2, 0) is 18.2 Å². The van der Waals surface area contributed by atoms with Gasteiger partial charge < -0.3 is 0 Å². The molecule has 5 rings (SSSR count). The van der Waals surface area contributed by atoms with Gasteiger partial charge in [0, 0.05) is 9.13 Å². The summed E-state index contributed by atoms with van der Waals surface area (Å²) < 4.78 is 46.2. The molecule has 0 aromatic heterocycles. The fourth-order valence-electron chi connectivity index (χ4n) is 6.16. The summed E-state index contributed by atoms with van der Waals surface area (Å²) in [6.45, 7) is 0.969. The Labute approximate surface area is 190 Å². The zero-order valence-corrected chi connectivity index (χ0v) is 19.6. The lowest BCUT2D eigenvalue weighted by atomic mass is 9.76. The van der Waals surface area contributed by atoms with Gasteiger partial charge in [0.05, 0.1) is 0 Å². The summed E-state index contributed by atoms with van der Waals surface area (Å²) in [5.41, 5.74) is 0. The molecule has 3 fully saturated rings. The molecule has 0 spiro atoms. The highest BCUT2D eigenvalue weighted by atomic mass is 31.1. The van der Waals surface area contributed by atoms with Gasteiger partial charge in [0.2, 0.25) is 0 Å². The number of para-hydroxylation sites is 2. The maximum absolute atomic E-state index is 12.2. The highest BCUT2D eigenvalue weighted by Crippen LogP contribution is 2.62. The van der Waals surface area contributed by atoms with Crippen LogP contribution in [0, 0.1) is 35.5 Å². The predicted octanol–water partition coefficient (Wildman–Crippen LogP) is 6.79. The van der Waals surface area contributed by atoms with Crippen LogP contribution in [0.15, 0.2) is 60.7 Å². The Morgan fingerprint density at radius 3 is 1.84 bits per heavy atom.